The molecule has 0 spiro atoms. The molecule has 0 unspecified atom stereocenters. The molecule has 0 bridgehead atoms. The van der Waals surface area contributed by atoms with Crippen LogP contribution < -0.4 is 5.32 Å². The third-order valence-corrected chi connectivity index (χ3v) is 2.99. The average molecular weight is 309 g/mol. The van der Waals surface area contributed by atoms with Gasteiger partial charge in [0, 0.05) is 0 Å². The molecule has 1 amide bonds. The number of alkyl halides is 6. The van der Waals surface area contributed by atoms with E-state index in [1.165, 1.54) is 6.92 Å². The van der Waals surface area contributed by atoms with Crippen LogP contribution >= 0.6 is 0 Å². The summed E-state index contributed by atoms with van der Waals surface area (Å²) in [6.45, 7) is 6.08. The van der Waals surface area contributed by atoms with E-state index in [9.17, 15) is 31.1 Å². The lowest BCUT2D eigenvalue weighted by atomic mass is 9.90. The van der Waals surface area contributed by atoms with Crippen LogP contribution in [-0.4, -0.2) is 30.1 Å². The van der Waals surface area contributed by atoms with Crippen LogP contribution in [0.2, 0.25) is 0 Å². The average Bonchev–Trinajstić information content (AvgIpc) is 2.11. The van der Waals surface area contributed by atoms with E-state index in [0.717, 1.165) is 5.32 Å². The molecule has 3 nitrogen and oxygen atoms in total. The lowest BCUT2D eigenvalue weighted by Gasteiger charge is -2.35. The van der Waals surface area contributed by atoms with Crippen LogP contribution in [-0.2, 0) is 4.74 Å². The van der Waals surface area contributed by atoms with E-state index in [1.807, 2.05) is 0 Å². The maximum absolute atomic E-state index is 12.5. The normalized spacial score (nSPS) is 15.8. The second-order valence-corrected chi connectivity index (χ2v) is 5.66. The second kappa shape index (κ2) is 5.33. The van der Waals surface area contributed by atoms with Crippen molar-refractivity contribution in [2.24, 2.45) is 5.41 Å². The minimum absolute atomic E-state index is 0.157. The fraction of sp³-hybridized carbons (Fsp3) is 0.909. The molecule has 0 aromatic heterocycles. The SMILES string of the molecule is C[C@H](OC(=O)NC(C)(C(F)(F)F)C(F)(F)F)C(C)(C)C. The van der Waals surface area contributed by atoms with Gasteiger partial charge in [0.25, 0.3) is 0 Å². The van der Waals surface area contributed by atoms with Gasteiger partial charge in [-0.2, -0.15) is 26.3 Å². The largest absolute Gasteiger partial charge is 0.446 e. The van der Waals surface area contributed by atoms with Crippen LogP contribution in [0.25, 0.3) is 0 Å². The molecule has 1 atom stereocenters. The number of carbonyl (C=O) groups is 1. The lowest BCUT2D eigenvalue weighted by molar-refractivity contribution is -0.299. The summed E-state index contributed by atoms with van der Waals surface area (Å²) in [7, 11) is 0. The predicted octanol–water partition coefficient (Wildman–Crippen LogP) is 4.03. The first-order chi connectivity index (χ1) is 8.52. The van der Waals surface area contributed by atoms with Gasteiger partial charge in [0.15, 0.2) is 0 Å². The molecule has 0 aromatic rings. The zero-order valence-electron chi connectivity index (χ0n) is 11.7. The Labute approximate surface area is 112 Å². The van der Waals surface area contributed by atoms with Crippen LogP contribution in [0.15, 0.2) is 0 Å². The van der Waals surface area contributed by atoms with E-state index in [1.54, 1.807) is 20.8 Å². The highest BCUT2D eigenvalue weighted by Crippen LogP contribution is 2.42. The molecule has 0 radical (unpaired) electrons. The summed E-state index contributed by atoms with van der Waals surface area (Å²) in [5.41, 5.74) is -4.99. The Balaban J connectivity index is 5.10. The van der Waals surface area contributed by atoms with Crippen LogP contribution in [0, 0.1) is 5.41 Å². The summed E-state index contributed by atoms with van der Waals surface area (Å²) < 4.78 is 79.8. The first kappa shape index (κ1) is 18.9. The maximum Gasteiger partial charge on any atom is 0.420 e. The molecule has 0 aromatic carbocycles. The van der Waals surface area contributed by atoms with Gasteiger partial charge in [-0.1, -0.05) is 20.8 Å². The van der Waals surface area contributed by atoms with Gasteiger partial charge in [-0.25, -0.2) is 4.79 Å². The Hall–Kier alpha value is -1.15. The van der Waals surface area contributed by atoms with Crippen molar-refractivity contribution in [3.63, 3.8) is 0 Å². The standard InChI is InChI=1S/C11H17F6NO2/c1-6(8(2,3)4)20-7(19)18-9(5,10(12,13)14)11(15,16)17/h6H,1-5H3,(H,18,19)/t6-/m0/s1. The highest BCUT2D eigenvalue weighted by molar-refractivity contribution is 5.69. The van der Waals surface area contributed by atoms with Gasteiger partial charge in [-0.15, -0.1) is 0 Å². The molecule has 1 N–H and O–H groups in total. The highest BCUT2D eigenvalue weighted by atomic mass is 19.4. The van der Waals surface area contributed by atoms with Crippen molar-refractivity contribution in [2.45, 2.75) is 58.6 Å². The van der Waals surface area contributed by atoms with E-state index in [0.29, 0.717) is 0 Å². The fourth-order valence-electron chi connectivity index (χ4n) is 0.873. The third-order valence-electron chi connectivity index (χ3n) is 2.99. The number of carbonyl (C=O) groups excluding carboxylic acids is 1. The Morgan fingerprint density at radius 3 is 1.55 bits per heavy atom. The van der Waals surface area contributed by atoms with Gasteiger partial charge in [-0.3, -0.25) is 5.32 Å². The van der Waals surface area contributed by atoms with Crippen molar-refractivity contribution < 1.29 is 35.9 Å². The van der Waals surface area contributed by atoms with Gasteiger partial charge in [-0.05, 0) is 19.3 Å². The van der Waals surface area contributed by atoms with E-state index in [2.05, 4.69) is 4.74 Å². The van der Waals surface area contributed by atoms with Crippen LogP contribution in [0.4, 0.5) is 31.1 Å². The molecule has 0 heterocycles. The number of nitrogens with one attached hydrogen (secondary N) is 1. The lowest BCUT2D eigenvalue weighted by Crippen LogP contribution is -2.65. The van der Waals surface area contributed by atoms with Crippen molar-refractivity contribution in [3.05, 3.63) is 0 Å². The Morgan fingerprint density at radius 1 is 0.950 bits per heavy atom. The monoisotopic (exact) mass is 309 g/mol. The van der Waals surface area contributed by atoms with E-state index >= 15 is 0 Å². The van der Waals surface area contributed by atoms with Crippen LogP contribution in [0.5, 0.6) is 0 Å². The minimum Gasteiger partial charge on any atom is -0.446 e. The smallest absolute Gasteiger partial charge is 0.420 e. The molecule has 0 aliphatic rings. The summed E-state index contributed by atoms with van der Waals surface area (Å²) in [4.78, 5) is 11.3. The van der Waals surface area contributed by atoms with E-state index in [-0.39, 0.29) is 6.92 Å². The number of rotatable bonds is 2. The Kier molecular flexibility index (Phi) is 5.02. The number of hydrogen-bond donors (Lipinski definition) is 1. The maximum atomic E-state index is 12.5. The number of halogens is 6. The minimum atomic E-state index is -5.70. The molecule has 9 heteroatoms. The Bertz CT molecular complexity index is 341. The molecule has 0 saturated heterocycles. The number of alkyl carbamates (subject to hydrolysis) is 1. The zero-order valence-corrected chi connectivity index (χ0v) is 11.7. The number of ether oxygens (including phenoxy) is 1. The second-order valence-electron chi connectivity index (χ2n) is 5.66. The van der Waals surface area contributed by atoms with Crippen molar-refractivity contribution in [3.8, 4) is 0 Å². The first-order valence-electron chi connectivity index (χ1n) is 5.64. The van der Waals surface area contributed by atoms with Crippen LogP contribution in [0.1, 0.15) is 34.6 Å². The van der Waals surface area contributed by atoms with Crippen molar-refractivity contribution >= 4 is 6.09 Å². The van der Waals surface area contributed by atoms with Crippen molar-refractivity contribution in [1.29, 1.82) is 0 Å². The molecule has 20 heavy (non-hydrogen) atoms. The van der Waals surface area contributed by atoms with Gasteiger partial charge < -0.3 is 4.74 Å². The molecule has 120 valence electrons. The zero-order chi connectivity index (χ0) is 16.6. The molecule has 0 fully saturated rings. The fourth-order valence-corrected chi connectivity index (χ4v) is 0.873. The summed E-state index contributed by atoms with van der Waals surface area (Å²) in [6.07, 6.45) is -14.0. The number of hydrogen-bond acceptors (Lipinski definition) is 2. The summed E-state index contributed by atoms with van der Waals surface area (Å²) >= 11 is 0. The number of amides is 1. The van der Waals surface area contributed by atoms with Crippen molar-refractivity contribution in [2.75, 3.05) is 0 Å². The van der Waals surface area contributed by atoms with Gasteiger partial charge in [0.2, 0.25) is 5.54 Å². The molecule has 0 saturated carbocycles. The quantitative estimate of drug-likeness (QED) is 0.782. The first-order valence-corrected chi connectivity index (χ1v) is 5.64. The highest BCUT2D eigenvalue weighted by Gasteiger charge is 2.69. The predicted molar refractivity (Wildman–Crippen MR) is 59.0 cm³/mol. The Morgan fingerprint density at radius 2 is 1.30 bits per heavy atom. The van der Waals surface area contributed by atoms with E-state index in [4.69, 9.17) is 0 Å². The molecule has 0 aliphatic heterocycles. The summed E-state index contributed by atoms with van der Waals surface area (Å²) in [6, 6.07) is 0. The molecular weight excluding hydrogens is 292 g/mol. The molecular formula is C11H17F6NO2. The van der Waals surface area contributed by atoms with Gasteiger partial charge >= 0.3 is 18.4 Å². The molecule has 0 rings (SSSR count). The topological polar surface area (TPSA) is 38.3 Å². The van der Waals surface area contributed by atoms with E-state index < -0.39 is 35.5 Å². The third kappa shape index (κ3) is 4.17. The van der Waals surface area contributed by atoms with Gasteiger partial charge in [0.05, 0.1) is 0 Å². The summed E-state index contributed by atoms with van der Waals surface area (Å²) in [5, 5.41) is 0.865. The van der Waals surface area contributed by atoms with Gasteiger partial charge in [0.1, 0.15) is 6.10 Å². The molecule has 0 aliphatic carbocycles. The van der Waals surface area contributed by atoms with Crippen LogP contribution in [0.3, 0.4) is 0 Å². The summed E-state index contributed by atoms with van der Waals surface area (Å²) in [5.74, 6) is 0. The van der Waals surface area contributed by atoms with Crippen molar-refractivity contribution in [1.82, 2.24) is 5.32 Å².